The van der Waals surface area contributed by atoms with Crippen LogP contribution >= 0.6 is 0 Å². The third-order valence-electron chi connectivity index (χ3n) is 3.17. The molecule has 1 aliphatic carbocycles. The molecule has 0 unspecified atom stereocenters. The molecule has 0 bridgehead atoms. The first-order valence-electron chi connectivity index (χ1n) is 5.06. The van der Waals surface area contributed by atoms with Crippen LogP contribution in [0.25, 0.3) is 0 Å². The van der Waals surface area contributed by atoms with E-state index in [0.29, 0.717) is 31.5 Å². The Hall–Kier alpha value is -1.36. The summed E-state index contributed by atoms with van der Waals surface area (Å²) in [5.41, 5.74) is -0.928. The van der Waals surface area contributed by atoms with E-state index in [1.54, 1.807) is 12.4 Å². The third-order valence-corrected chi connectivity index (χ3v) is 3.17. The van der Waals surface area contributed by atoms with Gasteiger partial charge in [0.25, 0.3) is 0 Å². The molecule has 0 spiro atoms. The van der Waals surface area contributed by atoms with Crippen molar-refractivity contribution in [2.45, 2.75) is 37.2 Å². The molecule has 0 radical (unpaired) electrons. The summed E-state index contributed by atoms with van der Waals surface area (Å²) in [4.78, 5) is 18.3. The molecule has 1 aromatic heterocycles. The van der Waals surface area contributed by atoms with Crippen LogP contribution in [0, 0.1) is 0 Å². The number of hydrogen-bond acceptors (Lipinski definition) is 3. The fourth-order valence-electron chi connectivity index (χ4n) is 2.17. The van der Waals surface area contributed by atoms with Crippen molar-refractivity contribution in [3.05, 3.63) is 18.2 Å². The number of aromatic nitrogens is 2. The molecule has 1 heterocycles. The molecule has 5 heteroatoms. The van der Waals surface area contributed by atoms with Crippen LogP contribution in [0.3, 0.4) is 0 Å². The van der Waals surface area contributed by atoms with Crippen molar-refractivity contribution in [3.8, 4) is 0 Å². The van der Waals surface area contributed by atoms with Gasteiger partial charge in [0.2, 0.25) is 0 Å². The molecule has 1 aromatic rings. The van der Waals surface area contributed by atoms with Gasteiger partial charge in [-0.1, -0.05) is 0 Å². The predicted molar refractivity (Wildman–Crippen MR) is 52.4 cm³/mol. The lowest BCUT2D eigenvalue weighted by Crippen LogP contribution is -2.41. The minimum atomic E-state index is -0.928. The highest BCUT2D eigenvalue weighted by molar-refractivity contribution is 5.80. The molecule has 0 atom stereocenters. The first-order chi connectivity index (χ1) is 7.15. The fraction of sp³-hybridized carbons (Fsp3) is 0.600. The van der Waals surface area contributed by atoms with E-state index in [1.807, 2.05) is 0 Å². The molecule has 2 rings (SSSR count). The molecule has 1 saturated carbocycles. The number of imidazole rings is 1. The van der Waals surface area contributed by atoms with Crippen LogP contribution in [-0.4, -0.2) is 32.3 Å². The zero-order valence-electron chi connectivity index (χ0n) is 8.31. The van der Waals surface area contributed by atoms with Crippen LogP contribution in [0.5, 0.6) is 0 Å². The van der Waals surface area contributed by atoms with Gasteiger partial charge in [-0.2, -0.15) is 0 Å². The van der Waals surface area contributed by atoms with Crippen LogP contribution in [0.1, 0.15) is 31.5 Å². The third kappa shape index (κ3) is 1.63. The van der Waals surface area contributed by atoms with Crippen molar-refractivity contribution in [1.29, 1.82) is 0 Å². The number of aliphatic carboxylic acids is 1. The summed E-state index contributed by atoms with van der Waals surface area (Å²) in [5.74, 6) is -0.355. The van der Waals surface area contributed by atoms with E-state index in [9.17, 15) is 15.0 Å². The molecule has 0 aliphatic heterocycles. The van der Waals surface area contributed by atoms with Crippen molar-refractivity contribution in [3.63, 3.8) is 0 Å². The maximum Gasteiger partial charge on any atom is 0.317 e. The molecular weight excluding hydrogens is 196 g/mol. The number of carbonyl (C=O) groups is 1. The summed E-state index contributed by atoms with van der Waals surface area (Å²) in [5, 5.41) is 18.7. The Morgan fingerprint density at radius 1 is 1.53 bits per heavy atom. The Morgan fingerprint density at radius 2 is 2.20 bits per heavy atom. The first-order valence-corrected chi connectivity index (χ1v) is 5.06. The second kappa shape index (κ2) is 3.66. The van der Waals surface area contributed by atoms with Crippen LogP contribution in [-0.2, 0) is 10.2 Å². The van der Waals surface area contributed by atoms with Gasteiger partial charge in [0, 0.05) is 12.4 Å². The number of rotatable bonds is 2. The monoisotopic (exact) mass is 210 g/mol. The van der Waals surface area contributed by atoms with Gasteiger partial charge >= 0.3 is 5.97 Å². The SMILES string of the molecule is O=C(O)C1(c2ncc[nH]2)CCC(O)CC1. The van der Waals surface area contributed by atoms with E-state index in [2.05, 4.69) is 9.97 Å². The average Bonchev–Trinajstić information content (AvgIpc) is 2.72. The Balaban J connectivity index is 2.30. The molecule has 0 aromatic carbocycles. The van der Waals surface area contributed by atoms with Gasteiger partial charge in [-0.25, -0.2) is 4.98 Å². The Kier molecular flexibility index (Phi) is 2.48. The van der Waals surface area contributed by atoms with Gasteiger partial charge in [-0.05, 0) is 25.7 Å². The smallest absolute Gasteiger partial charge is 0.317 e. The van der Waals surface area contributed by atoms with E-state index in [0.717, 1.165) is 0 Å². The number of aromatic amines is 1. The lowest BCUT2D eigenvalue weighted by molar-refractivity contribution is -0.146. The van der Waals surface area contributed by atoms with Crippen molar-refractivity contribution in [2.75, 3.05) is 0 Å². The van der Waals surface area contributed by atoms with E-state index in [4.69, 9.17) is 0 Å². The van der Waals surface area contributed by atoms with Crippen LogP contribution in [0.15, 0.2) is 12.4 Å². The number of aliphatic hydroxyl groups excluding tert-OH is 1. The number of H-pyrrole nitrogens is 1. The molecule has 1 fully saturated rings. The second-order valence-corrected chi connectivity index (χ2v) is 4.06. The fourth-order valence-corrected chi connectivity index (χ4v) is 2.17. The maximum absolute atomic E-state index is 11.3. The summed E-state index contributed by atoms with van der Waals surface area (Å²) in [7, 11) is 0. The molecule has 15 heavy (non-hydrogen) atoms. The molecule has 3 N–H and O–H groups in total. The minimum absolute atomic E-state index is 0.368. The highest BCUT2D eigenvalue weighted by atomic mass is 16.4. The second-order valence-electron chi connectivity index (χ2n) is 4.06. The number of carboxylic acid groups (broad SMARTS) is 1. The van der Waals surface area contributed by atoms with Crippen molar-refractivity contribution in [2.24, 2.45) is 0 Å². The largest absolute Gasteiger partial charge is 0.480 e. The topological polar surface area (TPSA) is 86.2 Å². The molecule has 1 aliphatic rings. The van der Waals surface area contributed by atoms with Gasteiger partial charge in [0.05, 0.1) is 6.10 Å². The quantitative estimate of drug-likeness (QED) is 0.669. The van der Waals surface area contributed by atoms with Crippen LogP contribution in [0.2, 0.25) is 0 Å². The van der Waals surface area contributed by atoms with Crippen molar-refractivity contribution in [1.82, 2.24) is 9.97 Å². The van der Waals surface area contributed by atoms with E-state index < -0.39 is 11.4 Å². The van der Waals surface area contributed by atoms with E-state index >= 15 is 0 Å². The number of hydrogen-bond donors (Lipinski definition) is 3. The lowest BCUT2D eigenvalue weighted by Gasteiger charge is -2.33. The number of carboxylic acids is 1. The summed E-state index contributed by atoms with van der Waals surface area (Å²) in [6.45, 7) is 0. The van der Waals surface area contributed by atoms with Crippen LogP contribution < -0.4 is 0 Å². The van der Waals surface area contributed by atoms with Gasteiger partial charge in [-0.3, -0.25) is 4.79 Å². The average molecular weight is 210 g/mol. The zero-order valence-corrected chi connectivity index (χ0v) is 8.31. The van der Waals surface area contributed by atoms with Crippen molar-refractivity contribution < 1.29 is 15.0 Å². The summed E-state index contributed by atoms with van der Waals surface area (Å²) in [6, 6.07) is 0. The van der Waals surface area contributed by atoms with E-state index in [-0.39, 0.29) is 6.10 Å². The summed E-state index contributed by atoms with van der Waals surface area (Å²) >= 11 is 0. The maximum atomic E-state index is 11.3. The Labute approximate surface area is 87.2 Å². The Bertz CT molecular complexity index is 340. The number of aliphatic hydroxyl groups is 1. The Morgan fingerprint density at radius 3 is 2.67 bits per heavy atom. The predicted octanol–water partition coefficient (Wildman–Crippen LogP) is 0.667. The zero-order chi connectivity index (χ0) is 10.9. The van der Waals surface area contributed by atoms with Crippen LogP contribution in [0.4, 0.5) is 0 Å². The van der Waals surface area contributed by atoms with E-state index in [1.165, 1.54) is 0 Å². The highest BCUT2D eigenvalue weighted by Crippen LogP contribution is 2.38. The molecule has 0 saturated heterocycles. The first kappa shape index (κ1) is 10.2. The molecular formula is C10H14N2O3. The molecule has 0 amide bonds. The summed E-state index contributed by atoms with van der Waals surface area (Å²) < 4.78 is 0. The normalized spacial score (nSPS) is 31.4. The number of nitrogens with one attached hydrogen (secondary N) is 1. The minimum Gasteiger partial charge on any atom is -0.480 e. The van der Waals surface area contributed by atoms with Gasteiger partial charge in [0.15, 0.2) is 0 Å². The highest BCUT2D eigenvalue weighted by Gasteiger charge is 2.45. The lowest BCUT2D eigenvalue weighted by atomic mass is 9.72. The van der Waals surface area contributed by atoms with Gasteiger partial charge < -0.3 is 15.2 Å². The van der Waals surface area contributed by atoms with Gasteiger partial charge in [0.1, 0.15) is 11.2 Å². The van der Waals surface area contributed by atoms with Crippen molar-refractivity contribution >= 4 is 5.97 Å². The van der Waals surface area contributed by atoms with Gasteiger partial charge in [-0.15, -0.1) is 0 Å². The standard InChI is InChI=1S/C10H14N2O3/c13-7-1-3-10(4-2-7,9(14)15)8-11-5-6-12-8/h5-7,13H,1-4H2,(H,11,12)(H,14,15). The summed E-state index contributed by atoms with van der Waals surface area (Å²) in [6.07, 6.45) is 4.75. The molecule has 5 nitrogen and oxygen atoms in total. The molecule has 82 valence electrons. The number of nitrogens with zero attached hydrogens (tertiary/aromatic N) is 1.